The Morgan fingerprint density at radius 1 is 1.55 bits per heavy atom. The van der Waals surface area contributed by atoms with Crippen LogP contribution in [0.5, 0.6) is 5.88 Å². The zero-order valence-electron chi connectivity index (χ0n) is 6.61. The topological polar surface area (TPSA) is 22.1 Å². The Morgan fingerprint density at radius 3 is 2.64 bits per heavy atom. The van der Waals surface area contributed by atoms with Crippen LogP contribution in [-0.4, -0.2) is 12.1 Å². The molecule has 1 atom stereocenters. The SMILES string of the molecule is COc1ccc(C(C)S)cn1. The fraction of sp³-hybridized carbons (Fsp3) is 0.375. The van der Waals surface area contributed by atoms with E-state index in [0.29, 0.717) is 5.88 Å². The molecule has 1 rings (SSSR count). The Kier molecular flexibility index (Phi) is 2.76. The minimum Gasteiger partial charge on any atom is -0.481 e. The minimum atomic E-state index is 0.230. The number of ether oxygens (including phenoxy) is 1. The Labute approximate surface area is 72.0 Å². The van der Waals surface area contributed by atoms with E-state index in [1.165, 1.54) is 0 Å². The Balaban J connectivity index is 2.83. The fourth-order valence-electron chi connectivity index (χ4n) is 0.760. The lowest BCUT2D eigenvalue weighted by Gasteiger charge is -2.03. The van der Waals surface area contributed by atoms with Crippen LogP contribution in [0.2, 0.25) is 0 Å². The highest BCUT2D eigenvalue weighted by Crippen LogP contribution is 2.18. The maximum Gasteiger partial charge on any atom is 0.212 e. The molecule has 0 radical (unpaired) electrons. The molecule has 0 saturated heterocycles. The van der Waals surface area contributed by atoms with E-state index < -0.39 is 0 Å². The molecular formula is C8H11NOS. The average Bonchev–Trinajstić information content (AvgIpc) is 2.05. The average molecular weight is 169 g/mol. The molecule has 0 aromatic carbocycles. The van der Waals surface area contributed by atoms with Crippen molar-refractivity contribution in [2.75, 3.05) is 7.11 Å². The van der Waals surface area contributed by atoms with Gasteiger partial charge in [0.25, 0.3) is 0 Å². The van der Waals surface area contributed by atoms with Crippen molar-refractivity contribution in [2.24, 2.45) is 0 Å². The molecule has 1 unspecified atom stereocenters. The first-order valence-electron chi connectivity index (χ1n) is 3.42. The van der Waals surface area contributed by atoms with Gasteiger partial charge in [-0.05, 0) is 12.5 Å². The highest BCUT2D eigenvalue weighted by atomic mass is 32.1. The van der Waals surface area contributed by atoms with E-state index in [4.69, 9.17) is 4.74 Å². The van der Waals surface area contributed by atoms with E-state index in [1.54, 1.807) is 13.3 Å². The van der Waals surface area contributed by atoms with Crippen molar-refractivity contribution in [3.8, 4) is 5.88 Å². The van der Waals surface area contributed by atoms with Gasteiger partial charge in [-0.25, -0.2) is 4.98 Å². The maximum atomic E-state index is 4.91. The van der Waals surface area contributed by atoms with Gasteiger partial charge in [0.2, 0.25) is 5.88 Å². The molecule has 0 N–H and O–H groups in total. The van der Waals surface area contributed by atoms with Gasteiger partial charge in [0, 0.05) is 17.5 Å². The van der Waals surface area contributed by atoms with Crippen LogP contribution in [0.15, 0.2) is 18.3 Å². The van der Waals surface area contributed by atoms with Crippen LogP contribution in [0.1, 0.15) is 17.7 Å². The van der Waals surface area contributed by atoms with Crippen molar-refractivity contribution >= 4 is 12.6 Å². The lowest BCUT2D eigenvalue weighted by atomic mass is 10.2. The molecule has 1 heterocycles. The number of aromatic nitrogens is 1. The third-order valence-corrected chi connectivity index (χ3v) is 1.75. The second-order valence-corrected chi connectivity index (χ2v) is 3.08. The van der Waals surface area contributed by atoms with Gasteiger partial charge in [-0.15, -0.1) is 0 Å². The van der Waals surface area contributed by atoms with Crippen LogP contribution < -0.4 is 4.74 Å². The predicted octanol–water partition coefficient (Wildman–Crippen LogP) is 2.08. The number of nitrogens with zero attached hydrogens (tertiary/aromatic N) is 1. The van der Waals surface area contributed by atoms with Crippen LogP contribution in [0.25, 0.3) is 0 Å². The van der Waals surface area contributed by atoms with Gasteiger partial charge in [-0.2, -0.15) is 12.6 Å². The highest BCUT2D eigenvalue weighted by molar-refractivity contribution is 7.80. The Morgan fingerprint density at radius 2 is 2.27 bits per heavy atom. The van der Waals surface area contributed by atoms with Crippen LogP contribution in [0.3, 0.4) is 0 Å². The summed E-state index contributed by atoms with van der Waals surface area (Å²) >= 11 is 4.27. The molecule has 0 spiro atoms. The molecule has 60 valence electrons. The molecule has 1 aromatic heterocycles. The fourth-order valence-corrected chi connectivity index (χ4v) is 0.912. The van der Waals surface area contributed by atoms with Crippen molar-refractivity contribution in [2.45, 2.75) is 12.2 Å². The van der Waals surface area contributed by atoms with Gasteiger partial charge in [-0.3, -0.25) is 0 Å². The molecule has 0 aliphatic carbocycles. The molecule has 2 nitrogen and oxygen atoms in total. The van der Waals surface area contributed by atoms with Crippen molar-refractivity contribution in [3.05, 3.63) is 23.9 Å². The molecular weight excluding hydrogens is 158 g/mol. The van der Waals surface area contributed by atoms with Crippen LogP contribution in [-0.2, 0) is 0 Å². The van der Waals surface area contributed by atoms with E-state index >= 15 is 0 Å². The minimum absolute atomic E-state index is 0.230. The van der Waals surface area contributed by atoms with Crippen molar-refractivity contribution < 1.29 is 4.74 Å². The molecule has 0 saturated carbocycles. The summed E-state index contributed by atoms with van der Waals surface area (Å²) in [5, 5.41) is 0.230. The first-order valence-corrected chi connectivity index (χ1v) is 3.93. The Bertz CT molecular complexity index is 220. The number of thiol groups is 1. The highest BCUT2D eigenvalue weighted by Gasteiger charge is 1.99. The zero-order chi connectivity index (χ0) is 8.27. The first-order chi connectivity index (χ1) is 5.24. The number of pyridine rings is 1. The van der Waals surface area contributed by atoms with E-state index in [1.807, 2.05) is 19.1 Å². The second-order valence-electron chi connectivity index (χ2n) is 2.31. The third kappa shape index (κ3) is 2.12. The maximum absolute atomic E-state index is 4.91. The summed E-state index contributed by atoms with van der Waals surface area (Å²) in [6.45, 7) is 2.01. The number of methoxy groups -OCH3 is 1. The van der Waals surface area contributed by atoms with Crippen molar-refractivity contribution in [3.63, 3.8) is 0 Å². The quantitative estimate of drug-likeness (QED) is 0.685. The molecule has 0 amide bonds. The first kappa shape index (κ1) is 8.40. The van der Waals surface area contributed by atoms with E-state index in [-0.39, 0.29) is 5.25 Å². The zero-order valence-corrected chi connectivity index (χ0v) is 7.51. The summed E-state index contributed by atoms with van der Waals surface area (Å²) in [6.07, 6.45) is 1.77. The van der Waals surface area contributed by atoms with Crippen LogP contribution in [0.4, 0.5) is 0 Å². The van der Waals surface area contributed by atoms with Crippen LogP contribution in [0, 0.1) is 0 Å². The van der Waals surface area contributed by atoms with Gasteiger partial charge in [-0.1, -0.05) is 6.07 Å². The number of rotatable bonds is 2. The molecule has 0 bridgehead atoms. The number of hydrogen-bond donors (Lipinski definition) is 1. The summed E-state index contributed by atoms with van der Waals surface area (Å²) in [6, 6.07) is 3.80. The number of hydrogen-bond acceptors (Lipinski definition) is 3. The summed E-state index contributed by atoms with van der Waals surface area (Å²) in [5.74, 6) is 0.641. The smallest absolute Gasteiger partial charge is 0.212 e. The largest absolute Gasteiger partial charge is 0.481 e. The van der Waals surface area contributed by atoms with Gasteiger partial charge < -0.3 is 4.74 Å². The van der Waals surface area contributed by atoms with Crippen LogP contribution >= 0.6 is 12.6 Å². The molecule has 0 aliphatic rings. The molecule has 1 aromatic rings. The van der Waals surface area contributed by atoms with E-state index in [9.17, 15) is 0 Å². The van der Waals surface area contributed by atoms with Gasteiger partial charge in [0.15, 0.2) is 0 Å². The predicted molar refractivity (Wildman–Crippen MR) is 48.2 cm³/mol. The van der Waals surface area contributed by atoms with Gasteiger partial charge >= 0.3 is 0 Å². The lowest BCUT2D eigenvalue weighted by Crippen LogP contribution is -1.89. The summed E-state index contributed by atoms with van der Waals surface area (Å²) in [4.78, 5) is 4.05. The molecule has 3 heteroatoms. The standard InChI is InChI=1S/C8H11NOS/c1-6(11)7-3-4-8(10-2)9-5-7/h3-6,11H,1-2H3. The van der Waals surface area contributed by atoms with E-state index in [2.05, 4.69) is 17.6 Å². The third-order valence-electron chi connectivity index (χ3n) is 1.45. The van der Waals surface area contributed by atoms with E-state index in [0.717, 1.165) is 5.56 Å². The van der Waals surface area contributed by atoms with Crippen molar-refractivity contribution in [1.29, 1.82) is 0 Å². The molecule has 0 fully saturated rings. The van der Waals surface area contributed by atoms with Gasteiger partial charge in [0.1, 0.15) is 0 Å². The lowest BCUT2D eigenvalue weighted by molar-refractivity contribution is 0.397. The summed E-state index contributed by atoms with van der Waals surface area (Å²) in [7, 11) is 1.60. The molecule has 0 aliphatic heterocycles. The van der Waals surface area contributed by atoms with Crippen molar-refractivity contribution in [1.82, 2.24) is 4.98 Å². The van der Waals surface area contributed by atoms with Gasteiger partial charge in [0.05, 0.1) is 7.11 Å². The summed E-state index contributed by atoms with van der Waals surface area (Å²) < 4.78 is 4.91. The monoisotopic (exact) mass is 169 g/mol. The second kappa shape index (κ2) is 3.62. The Hall–Kier alpha value is -0.700. The molecule has 11 heavy (non-hydrogen) atoms. The summed E-state index contributed by atoms with van der Waals surface area (Å²) in [5.41, 5.74) is 1.11. The normalized spacial score (nSPS) is 12.6.